The lowest BCUT2D eigenvalue weighted by Crippen LogP contribution is -1.96. The van der Waals surface area contributed by atoms with Gasteiger partial charge in [-0.2, -0.15) is 0 Å². The van der Waals surface area contributed by atoms with Crippen LogP contribution in [0, 0.1) is 6.92 Å². The minimum Gasteiger partial charge on any atom is -0.235 e. The van der Waals surface area contributed by atoms with E-state index in [4.69, 9.17) is 28.2 Å². The largest absolute Gasteiger partial charge is 0.235 e. The van der Waals surface area contributed by atoms with Gasteiger partial charge in [-0.25, -0.2) is 13.4 Å². The smallest absolute Gasteiger partial charge is 0.175 e. The van der Waals surface area contributed by atoms with Crippen molar-refractivity contribution in [3.63, 3.8) is 0 Å². The van der Waals surface area contributed by atoms with Gasteiger partial charge in [-0.1, -0.05) is 59.6 Å². The van der Waals surface area contributed by atoms with Crippen molar-refractivity contribution in [3.8, 4) is 32.3 Å². The first-order chi connectivity index (χ1) is 14.2. The van der Waals surface area contributed by atoms with Crippen molar-refractivity contribution in [1.82, 2.24) is 4.98 Å². The van der Waals surface area contributed by atoms with E-state index in [0.717, 1.165) is 37.8 Å². The van der Waals surface area contributed by atoms with E-state index in [1.54, 1.807) is 35.6 Å². The van der Waals surface area contributed by atoms with Crippen LogP contribution in [0.1, 0.15) is 5.56 Å². The molecule has 0 fully saturated rings. The molecule has 0 aliphatic heterocycles. The van der Waals surface area contributed by atoms with Crippen molar-refractivity contribution < 1.29 is 8.42 Å². The monoisotopic (exact) mass is 473 g/mol. The third-order valence-electron chi connectivity index (χ3n) is 4.71. The molecule has 0 unspecified atom stereocenters. The van der Waals surface area contributed by atoms with E-state index in [1.807, 2.05) is 49.4 Å². The highest BCUT2D eigenvalue weighted by molar-refractivity contribution is 7.90. The van der Waals surface area contributed by atoms with Gasteiger partial charge in [0.25, 0.3) is 0 Å². The van der Waals surface area contributed by atoms with Gasteiger partial charge in [-0.3, -0.25) is 0 Å². The standard InChI is InChI=1S/C23H17Cl2NO2S2/c1-14-13-16(9-12-19(14)24)22-21(15-7-10-17(11-8-15)30(2,27)28)26-23(29-22)18-5-3-4-6-20(18)25/h3-13H,1-2H3. The van der Waals surface area contributed by atoms with Crippen LogP contribution in [0.25, 0.3) is 32.3 Å². The number of aromatic nitrogens is 1. The number of benzene rings is 3. The fraction of sp³-hybridized carbons (Fsp3) is 0.0870. The van der Waals surface area contributed by atoms with Crippen LogP contribution in [-0.2, 0) is 9.84 Å². The Morgan fingerprint density at radius 3 is 2.17 bits per heavy atom. The van der Waals surface area contributed by atoms with E-state index < -0.39 is 9.84 Å². The molecule has 0 aliphatic carbocycles. The van der Waals surface area contributed by atoms with Gasteiger partial charge in [-0.05, 0) is 48.4 Å². The Morgan fingerprint density at radius 1 is 0.867 bits per heavy atom. The molecule has 152 valence electrons. The van der Waals surface area contributed by atoms with E-state index >= 15 is 0 Å². The van der Waals surface area contributed by atoms with Crippen molar-refractivity contribution in [2.75, 3.05) is 6.26 Å². The van der Waals surface area contributed by atoms with E-state index in [-0.39, 0.29) is 4.90 Å². The van der Waals surface area contributed by atoms with Crippen molar-refractivity contribution in [2.24, 2.45) is 0 Å². The third-order valence-corrected chi connectivity index (χ3v) is 7.73. The lowest BCUT2D eigenvalue weighted by molar-refractivity contribution is 0.602. The Kier molecular flexibility index (Phi) is 5.73. The highest BCUT2D eigenvalue weighted by atomic mass is 35.5. The van der Waals surface area contributed by atoms with Crippen LogP contribution < -0.4 is 0 Å². The molecule has 7 heteroatoms. The molecule has 0 aliphatic rings. The summed E-state index contributed by atoms with van der Waals surface area (Å²) in [6.45, 7) is 1.96. The molecule has 0 saturated carbocycles. The van der Waals surface area contributed by atoms with Crippen LogP contribution in [0.3, 0.4) is 0 Å². The Labute approximate surface area is 189 Å². The summed E-state index contributed by atoms with van der Waals surface area (Å²) in [6, 6.07) is 20.2. The number of rotatable bonds is 4. The number of aryl methyl sites for hydroxylation is 1. The second kappa shape index (κ2) is 8.16. The average Bonchev–Trinajstić information content (AvgIpc) is 3.15. The lowest BCUT2D eigenvalue weighted by atomic mass is 10.1. The summed E-state index contributed by atoms with van der Waals surface area (Å²) in [5, 5.41) is 2.13. The maximum Gasteiger partial charge on any atom is 0.175 e. The first-order valence-electron chi connectivity index (χ1n) is 9.07. The highest BCUT2D eigenvalue weighted by Crippen LogP contribution is 2.42. The van der Waals surface area contributed by atoms with Crippen LogP contribution in [0.2, 0.25) is 10.0 Å². The second-order valence-electron chi connectivity index (χ2n) is 6.94. The molecule has 0 spiro atoms. The molecular formula is C23H17Cl2NO2S2. The first kappa shape index (κ1) is 21.1. The van der Waals surface area contributed by atoms with E-state index in [0.29, 0.717) is 10.0 Å². The Hall–Kier alpha value is -2.18. The SMILES string of the molecule is Cc1cc(-c2sc(-c3ccccc3Cl)nc2-c2ccc(S(C)(=O)=O)cc2)ccc1Cl. The summed E-state index contributed by atoms with van der Waals surface area (Å²) in [6.07, 6.45) is 1.20. The molecule has 1 heterocycles. The predicted molar refractivity (Wildman–Crippen MR) is 126 cm³/mol. The molecule has 0 bridgehead atoms. The minimum atomic E-state index is -3.27. The highest BCUT2D eigenvalue weighted by Gasteiger charge is 2.18. The van der Waals surface area contributed by atoms with Crippen molar-refractivity contribution in [2.45, 2.75) is 11.8 Å². The Balaban J connectivity index is 1.92. The summed E-state index contributed by atoms with van der Waals surface area (Å²) in [7, 11) is -3.27. The van der Waals surface area contributed by atoms with Gasteiger partial charge >= 0.3 is 0 Å². The third kappa shape index (κ3) is 4.16. The van der Waals surface area contributed by atoms with Gasteiger partial charge in [0, 0.05) is 22.4 Å². The first-order valence-corrected chi connectivity index (χ1v) is 12.5. The number of thiazole rings is 1. The van der Waals surface area contributed by atoms with E-state index in [1.165, 1.54) is 6.26 Å². The lowest BCUT2D eigenvalue weighted by Gasteiger charge is -2.06. The zero-order chi connectivity index (χ0) is 21.5. The molecule has 0 saturated heterocycles. The summed E-state index contributed by atoms with van der Waals surface area (Å²) in [4.78, 5) is 6.13. The van der Waals surface area contributed by atoms with Crippen LogP contribution in [0.5, 0.6) is 0 Å². The molecule has 0 atom stereocenters. The van der Waals surface area contributed by atoms with Crippen LogP contribution in [-0.4, -0.2) is 19.7 Å². The average molecular weight is 474 g/mol. The summed E-state index contributed by atoms with van der Waals surface area (Å²) < 4.78 is 23.6. The van der Waals surface area contributed by atoms with Gasteiger partial charge < -0.3 is 0 Å². The Morgan fingerprint density at radius 2 is 1.53 bits per heavy atom. The van der Waals surface area contributed by atoms with Crippen molar-refractivity contribution in [1.29, 1.82) is 0 Å². The topological polar surface area (TPSA) is 47.0 Å². The molecule has 1 aromatic heterocycles. The van der Waals surface area contributed by atoms with Gasteiger partial charge in [0.05, 0.1) is 20.5 Å². The fourth-order valence-corrected chi connectivity index (χ4v) is 5.26. The quantitative estimate of drug-likeness (QED) is 0.315. The van der Waals surface area contributed by atoms with Crippen molar-refractivity contribution in [3.05, 3.63) is 82.3 Å². The van der Waals surface area contributed by atoms with Crippen LogP contribution in [0.15, 0.2) is 71.6 Å². The number of nitrogens with zero attached hydrogens (tertiary/aromatic N) is 1. The van der Waals surface area contributed by atoms with E-state index in [9.17, 15) is 8.42 Å². The van der Waals surface area contributed by atoms with Crippen molar-refractivity contribution >= 4 is 44.4 Å². The molecule has 3 aromatic carbocycles. The molecule has 0 amide bonds. The molecule has 4 rings (SSSR count). The van der Waals surface area contributed by atoms with Gasteiger partial charge in [0.15, 0.2) is 9.84 Å². The summed E-state index contributed by atoms with van der Waals surface area (Å²) in [5.74, 6) is 0. The number of halogens is 2. The normalized spacial score (nSPS) is 11.6. The molecule has 0 radical (unpaired) electrons. The molecule has 0 N–H and O–H groups in total. The molecular weight excluding hydrogens is 457 g/mol. The zero-order valence-corrected chi connectivity index (χ0v) is 19.3. The fourth-order valence-electron chi connectivity index (χ4n) is 3.11. The second-order valence-corrected chi connectivity index (χ2v) is 10.8. The summed E-state index contributed by atoms with van der Waals surface area (Å²) >= 11 is 14.2. The van der Waals surface area contributed by atoms with Crippen LogP contribution in [0.4, 0.5) is 0 Å². The Bertz CT molecular complexity index is 1340. The number of hydrogen-bond acceptors (Lipinski definition) is 4. The molecule has 3 nitrogen and oxygen atoms in total. The van der Waals surface area contributed by atoms with Gasteiger partial charge in [-0.15, -0.1) is 11.3 Å². The molecule has 4 aromatic rings. The van der Waals surface area contributed by atoms with E-state index in [2.05, 4.69) is 0 Å². The number of hydrogen-bond donors (Lipinski definition) is 0. The number of sulfone groups is 1. The van der Waals surface area contributed by atoms with Crippen LogP contribution >= 0.6 is 34.5 Å². The molecule has 30 heavy (non-hydrogen) atoms. The summed E-state index contributed by atoms with van der Waals surface area (Å²) in [5.41, 5.74) is 4.43. The van der Waals surface area contributed by atoms with Gasteiger partial charge in [0.2, 0.25) is 0 Å². The maximum atomic E-state index is 11.8. The minimum absolute atomic E-state index is 0.275. The zero-order valence-electron chi connectivity index (χ0n) is 16.2. The predicted octanol–water partition coefficient (Wildman–Crippen LogP) is 7.16. The van der Waals surface area contributed by atoms with Gasteiger partial charge in [0.1, 0.15) is 5.01 Å². The maximum absolute atomic E-state index is 11.8.